The summed E-state index contributed by atoms with van der Waals surface area (Å²) < 4.78 is 19.5. The molecular weight excluding hydrogens is 255 g/mol. The maximum atomic E-state index is 13.7. The lowest BCUT2D eigenvalue weighted by Gasteiger charge is -2.33. The van der Waals surface area contributed by atoms with Crippen molar-refractivity contribution in [2.24, 2.45) is 5.92 Å². The van der Waals surface area contributed by atoms with Gasteiger partial charge < -0.3 is 9.84 Å². The van der Waals surface area contributed by atoms with Gasteiger partial charge in [0, 0.05) is 6.61 Å². The highest BCUT2D eigenvalue weighted by Crippen LogP contribution is 2.34. The first-order valence-corrected chi connectivity index (χ1v) is 7.69. The maximum absolute atomic E-state index is 13.7. The number of hydrogen-bond donors (Lipinski definition) is 1. The van der Waals surface area contributed by atoms with Crippen molar-refractivity contribution in [3.63, 3.8) is 0 Å². The fourth-order valence-electron chi connectivity index (χ4n) is 3.12. The minimum atomic E-state index is -0.742. The topological polar surface area (TPSA) is 29.5 Å². The molecule has 1 aliphatic carbocycles. The standard InChI is InChI=1S/C17H25FO2/c1-3-20-17(13-7-5-4-6-8-13)16(19)14-10-9-12(2)15(18)11-14/h9-11,13,16-17,19H,3-8H2,1-2H3. The molecule has 0 bridgehead atoms. The highest BCUT2D eigenvalue weighted by Gasteiger charge is 2.31. The van der Waals surface area contributed by atoms with Gasteiger partial charge in [0.15, 0.2) is 0 Å². The summed E-state index contributed by atoms with van der Waals surface area (Å²) in [5, 5.41) is 10.6. The van der Waals surface area contributed by atoms with E-state index in [-0.39, 0.29) is 11.9 Å². The summed E-state index contributed by atoms with van der Waals surface area (Å²) in [7, 11) is 0. The Kier molecular flexibility index (Phi) is 5.55. The monoisotopic (exact) mass is 280 g/mol. The molecule has 0 heterocycles. The van der Waals surface area contributed by atoms with Crippen molar-refractivity contribution in [1.82, 2.24) is 0 Å². The fourth-order valence-corrected chi connectivity index (χ4v) is 3.12. The SMILES string of the molecule is CCOC(C1CCCCC1)C(O)c1ccc(C)c(F)c1. The van der Waals surface area contributed by atoms with E-state index in [2.05, 4.69) is 0 Å². The summed E-state index contributed by atoms with van der Waals surface area (Å²) in [6.45, 7) is 4.25. The minimum absolute atomic E-state index is 0.220. The van der Waals surface area contributed by atoms with Crippen molar-refractivity contribution in [2.45, 2.75) is 58.2 Å². The molecule has 2 atom stereocenters. The summed E-state index contributed by atoms with van der Waals surface area (Å²) in [6.07, 6.45) is 4.89. The second-order valence-corrected chi connectivity index (χ2v) is 5.77. The van der Waals surface area contributed by atoms with Crippen molar-refractivity contribution >= 4 is 0 Å². The van der Waals surface area contributed by atoms with Crippen molar-refractivity contribution in [3.8, 4) is 0 Å². The molecule has 2 nitrogen and oxygen atoms in total. The molecule has 1 aliphatic rings. The molecule has 3 heteroatoms. The third-order valence-electron chi connectivity index (χ3n) is 4.32. The van der Waals surface area contributed by atoms with E-state index in [1.54, 1.807) is 19.1 Å². The van der Waals surface area contributed by atoms with Gasteiger partial charge in [-0.15, -0.1) is 0 Å². The van der Waals surface area contributed by atoms with Crippen molar-refractivity contribution in [3.05, 3.63) is 35.1 Å². The van der Waals surface area contributed by atoms with Gasteiger partial charge in [0.25, 0.3) is 0 Å². The highest BCUT2D eigenvalue weighted by molar-refractivity contribution is 5.25. The van der Waals surface area contributed by atoms with Gasteiger partial charge in [-0.25, -0.2) is 4.39 Å². The van der Waals surface area contributed by atoms with E-state index in [1.807, 2.05) is 6.92 Å². The Morgan fingerprint density at radius 2 is 2.00 bits per heavy atom. The number of aryl methyl sites for hydroxylation is 1. The predicted molar refractivity (Wildman–Crippen MR) is 78.1 cm³/mol. The van der Waals surface area contributed by atoms with Crippen LogP contribution in [0.4, 0.5) is 4.39 Å². The first-order valence-electron chi connectivity index (χ1n) is 7.69. The van der Waals surface area contributed by atoms with Gasteiger partial charge in [0.05, 0.1) is 6.10 Å². The smallest absolute Gasteiger partial charge is 0.126 e. The molecule has 0 amide bonds. The second-order valence-electron chi connectivity index (χ2n) is 5.77. The highest BCUT2D eigenvalue weighted by atomic mass is 19.1. The van der Waals surface area contributed by atoms with Crippen LogP contribution in [0.3, 0.4) is 0 Å². The Balaban J connectivity index is 2.16. The van der Waals surface area contributed by atoms with Gasteiger partial charge >= 0.3 is 0 Å². The van der Waals surface area contributed by atoms with E-state index < -0.39 is 6.10 Å². The number of halogens is 1. The lowest BCUT2D eigenvalue weighted by Crippen LogP contribution is -2.32. The number of hydrogen-bond acceptors (Lipinski definition) is 2. The third kappa shape index (κ3) is 3.58. The van der Waals surface area contributed by atoms with Gasteiger partial charge in [-0.1, -0.05) is 31.4 Å². The molecular formula is C17H25FO2. The van der Waals surface area contributed by atoms with Crippen LogP contribution in [0.5, 0.6) is 0 Å². The van der Waals surface area contributed by atoms with Gasteiger partial charge in [0.1, 0.15) is 11.9 Å². The van der Waals surface area contributed by atoms with E-state index in [9.17, 15) is 9.50 Å². The maximum Gasteiger partial charge on any atom is 0.126 e. The number of ether oxygens (including phenoxy) is 1. The normalized spacial score (nSPS) is 19.8. The molecule has 1 saturated carbocycles. The molecule has 1 fully saturated rings. The van der Waals surface area contributed by atoms with Gasteiger partial charge in [-0.05, 0) is 49.8 Å². The van der Waals surface area contributed by atoms with Crippen LogP contribution in [0.15, 0.2) is 18.2 Å². The second kappa shape index (κ2) is 7.19. The summed E-state index contributed by atoms with van der Waals surface area (Å²) in [4.78, 5) is 0. The van der Waals surface area contributed by atoms with Gasteiger partial charge in [-0.2, -0.15) is 0 Å². The Bertz CT molecular complexity index is 427. The van der Waals surface area contributed by atoms with E-state index in [0.717, 1.165) is 12.8 Å². The van der Waals surface area contributed by atoms with Crippen LogP contribution in [0, 0.1) is 18.7 Å². The Morgan fingerprint density at radius 1 is 1.30 bits per heavy atom. The molecule has 1 N–H and O–H groups in total. The first kappa shape index (κ1) is 15.5. The van der Waals surface area contributed by atoms with Crippen LogP contribution < -0.4 is 0 Å². The summed E-state index contributed by atoms with van der Waals surface area (Å²) in [5.74, 6) is 0.114. The number of aliphatic hydroxyl groups is 1. The lowest BCUT2D eigenvalue weighted by molar-refractivity contribution is -0.0740. The van der Waals surface area contributed by atoms with Crippen molar-refractivity contribution < 1.29 is 14.2 Å². The number of aliphatic hydroxyl groups excluding tert-OH is 1. The minimum Gasteiger partial charge on any atom is -0.386 e. The molecule has 1 aromatic carbocycles. The average molecular weight is 280 g/mol. The van der Waals surface area contributed by atoms with E-state index in [0.29, 0.717) is 23.7 Å². The van der Waals surface area contributed by atoms with E-state index in [4.69, 9.17) is 4.74 Å². The van der Waals surface area contributed by atoms with Crippen molar-refractivity contribution in [2.75, 3.05) is 6.61 Å². The lowest BCUT2D eigenvalue weighted by atomic mass is 9.82. The molecule has 0 aliphatic heterocycles. The quantitative estimate of drug-likeness (QED) is 0.878. The molecule has 2 rings (SSSR count). The zero-order valence-corrected chi connectivity index (χ0v) is 12.4. The molecule has 0 spiro atoms. The van der Waals surface area contributed by atoms with E-state index in [1.165, 1.54) is 25.3 Å². The molecule has 20 heavy (non-hydrogen) atoms. The van der Waals surface area contributed by atoms with Gasteiger partial charge in [0.2, 0.25) is 0 Å². The first-order chi connectivity index (χ1) is 9.63. The summed E-state index contributed by atoms with van der Waals surface area (Å²) >= 11 is 0. The van der Waals surface area contributed by atoms with Crippen LogP contribution in [0.25, 0.3) is 0 Å². The predicted octanol–water partition coefficient (Wildman–Crippen LogP) is 4.15. The van der Waals surface area contributed by atoms with Crippen LogP contribution in [0.1, 0.15) is 56.3 Å². The Hall–Kier alpha value is -0.930. The average Bonchev–Trinajstić information content (AvgIpc) is 2.48. The van der Waals surface area contributed by atoms with Crippen LogP contribution in [0.2, 0.25) is 0 Å². The molecule has 1 aromatic rings. The molecule has 112 valence electrons. The largest absolute Gasteiger partial charge is 0.386 e. The van der Waals surface area contributed by atoms with Crippen LogP contribution in [-0.2, 0) is 4.74 Å². The zero-order valence-electron chi connectivity index (χ0n) is 12.4. The molecule has 0 aromatic heterocycles. The fraction of sp³-hybridized carbons (Fsp3) is 0.647. The Labute approximate surface area is 121 Å². The summed E-state index contributed by atoms with van der Waals surface area (Å²) in [5.41, 5.74) is 1.23. The molecule has 0 saturated heterocycles. The Morgan fingerprint density at radius 3 is 2.60 bits per heavy atom. The van der Waals surface area contributed by atoms with Crippen LogP contribution in [-0.4, -0.2) is 17.8 Å². The molecule has 2 unspecified atom stereocenters. The third-order valence-corrected chi connectivity index (χ3v) is 4.32. The zero-order chi connectivity index (χ0) is 14.5. The number of rotatable bonds is 5. The number of benzene rings is 1. The van der Waals surface area contributed by atoms with E-state index >= 15 is 0 Å². The molecule has 0 radical (unpaired) electrons. The van der Waals surface area contributed by atoms with Crippen LogP contribution >= 0.6 is 0 Å². The summed E-state index contributed by atoms with van der Waals surface area (Å²) in [6, 6.07) is 4.96. The van der Waals surface area contributed by atoms with Crippen molar-refractivity contribution in [1.29, 1.82) is 0 Å². The van der Waals surface area contributed by atoms with Gasteiger partial charge in [-0.3, -0.25) is 0 Å².